The Balaban J connectivity index is -0.000000193. The van der Waals surface area contributed by atoms with Crippen LogP contribution in [0.5, 0.6) is 0 Å². The number of hydrogen-bond acceptors (Lipinski definition) is 6. The van der Waals surface area contributed by atoms with Crippen LogP contribution >= 0.6 is 0 Å². The van der Waals surface area contributed by atoms with Crippen molar-refractivity contribution in [2.24, 2.45) is 0 Å². The SMILES string of the molecule is CC=CC=CC=CC(=O)O.CC=CC=CC=CC(=O)O.CC=CC=CC=CC(=O)O.OCC(O)CO. The zero-order valence-electron chi connectivity index (χ0n) is 20.8. The van der Waals surface area contributed by atoms with Crippen LogP contribution in [-0.4, -0.2) is 67.9 Å². The molecule has 36 heavy (non-hydrogen) atoms. The number of carboxylic acid groups (broad SMARTS) is 3. The predicted molar refractivity (Wildman–Crippen MR) is 142 cm³/mol. The molecule has 0 rings (SSSR count). The van der Waals surface area contributed by atoms with E-state index in [0.29, 0.717) is 0 Å². The minimum atomic E-state index is -0.954. The highest BCUT2D eigenvalue weighted by molar-refractivity contribution is 5.80. The number of carbonyl (C=O) groups is 3. The first-order valence-electron chi connectivity index (χ1n) is 10.6. The second-order valence-corrected chi connectivity index (χ2v) is 5.84. The summed E-state index contributed by atoms with van der Waals surface area (Å²) in [5.41, 5.74) is 0. The number of aliphatic carboxylic acids is 3. The molecular formula is C27H38O9. The highest BCUT2D eigenvalue weighted by Gasteiger charge is 1.93. The Kier molecular flexibility index (Phi) is 38.7. The van der Waals surface area contributed by atoms with Gasteiger partial charge in [0.25, 0.3) is 0 Å². The molecule has 0 spiro atoms. The molecule has 0 aromatic rings. The van der Waals surface area contributed by atoms with Crippen molar-refractivity contribution in [3.63, 3.8) is 0 Å². The highest BCUT2D eigenvalue weighted by Crippen LogP contribution is 1.81. The topological polar surface area (TPSA) is 173 Å². The van der Waals surface area contributed by atoms with Gasteiger partial charge in [-0.05, 0) is 20.8 Å². The van der Waals surface area contributed by atoms with Crippen LogP contribution in [0.1, 0.15) is 20.8 Å². The molecule has 0 unspecified atom stereocenters. The van der Waals surface area contributed by atoms with Gasteiger partial charge in [0.1, 0.15) is 6.10 Å². The lowest BCUT2D eigenvalue weighted by atomic mass is 10.4. The number of allylic oxidation sites excluding steroid dienone is 15. The van der Waals surface area contributed by atoms with E-state index in [-0.39, 0.29) is 13.2 Å². The average Bonchev–Trinajstić information content (AvgIpc) is 2.84. The fourth-order valence-corrected chi connectivity index (χ4v) is 1.19. The molecule has 0 radical (unpaired) electrons. The van der Waals surface area contributed by atoms with Crippen molar-refractivity contribution in [3.8, 4) is 0 Å². The molecule has 9 nitrogen and oxygen atoms in total. The van der Waals surface area contributed by atoms with E-state index in [2.05, 4.69) is 0 Å². The van der Waals surface area contributed by atoms with Gasteiger partial charge in [-0.3, -0.25) is 0 Å². The maximum Gasteiger partial charge on any atom is 0.328 e. The Morgan fingerprint density at radius 1 is 0.500 bits per heavy atom. The quantitative estimate of drug-likeness (QED) is 0.181. The van der Waals surface area contributed by atoms with Crippen LogP contribution in [0.4, 0.5) is 0 Å². The van der Waals surface area contributed by atoms with E-state index in [4.69, 9.17) is 30.6 Å². The molecule has 0 bridgehead atoms. The summed E-state index contributed by atoms with van der Waals surface area (Å²) < 4.78 is 0. The number of hydrogen-bond donors (Lipinski definition) is 6. The van der Waals surface area contributed by atoms with Crippen LogP contribution in [0.2, 0.25) is 0 Å². The first kappa shape index (κ1) is 39.2. The van der Waals surface area contributed by atoms with Gasteiger partial charge in [-0.25, -0.2) is 14.4 Å². The minimum Gasteiger partial charge on any atom is -0.478 e. The van der Waals surface area contributed by atoms with Crippen molar-refractivity contribution < 1.29 is 45.0 Å². The Morgan fingerprint density at radius 3 is 0.861 bits per heavy atom. The summed E-state index contributed by atoms with van der Waals surface area (Å²) in [6, 6.07) is 0. The van der Waals surface area contributed by atoms with E-state index in [1.54, 1.807) is 36.5 Å². The summed E-state index contributed by atoms with van der Waals surface area (Å²) in [7, 11) is 0. The first-order valence-corrected chi connectivity index (χ1v) is 10.6. The largest absolute Gasteiger partial charge is 0.478 e. The molecule has 0 saturated heterocycles. The van der Waals surface area contributed by atoms with Crippen LogP contribution in [0, 0.1) is 0 Å². The molecule has 0 atom stereocenters. The monoisotopic (exact) mass is 506 g/mol. The van der Waals surface area contributed by atoms with Crippen molar-refractivity contribution in [3.05, 3.63) is 109 Å². The number of aliphatic hydroxyl groups excluding tert-OH is 3. The summed E-state index contributed by atoms with van der Waals surface area (Å²) in [4.78, 5) is 29.7. The fraction of sp³-hybridized carbons (Fsp3) is 0.222. The molecule has 6 N–H and O–H groups in total. The van der Waals surface area contributed by atoms with Gasteiger partial charge in [-0.2, -0.15) is 0 Å². The van der Waals surface area contributed by atoms with Gasteiger partial charge in [0.15, 0.2) is 0 Å². The van der Waals surface area contributed by atoms with Crippen LogP contribution in [-0.2, 0) is 14.4 Å². The standard InChI is InChI=1S/3C8H10O2.C3H8O3/c3*1-2-3-4-5-6-7-8(9)10;4-1-3(6)2-5/h3*2-7H,1H3,(H,9,10);3-6H,1-2H2. The number of carboxylic acids is 3. The zero-order chi connectivity index (χ0) is 28.5. The van der Waals surface area contributed by atoms with Crippen LogP contribution in [0.3, 0.4) is 0 Å². The van der Waals surface area contributed by atoms with Crippen molar-refractivity contribution in [2.45, 2.75) is 26.9 Å². The van der Waals surface area contributed by atoms with Crippen molar-refractivity contribution in [2.75, 3.05) is 13.2 Å². The van der Waals surface area contributed by atoms with Crippen molar-refractivity contribution in [1.82, 2.24) is 0 Å². The van der Waals surface area contributed by atoms with E-state index in [0.717, 1.165) is 18.2 Å². The molecule has 0 aromatic heterocycles. The van der Waals surface area contributed by atoms with E-state index in [1.165, 1.54) is 18.2 Å². The summed E-state index contributed by atoms with van der Waals surface area (Å²) in [6.45, 7) is 4.95. The molecule has 9 heteroatoms. The number of aliphatic hydroxyl groups is 3. The Labute approximate surface area is 212 Å². The second-order valence-electron chi connectivity index (χ2n) is 5.84. The molecule has 0 saturated carbocycles. The molecule has 0 aromatic carbocycles. The maximum absolute atomic E-state index is 9.89. The molecule has 0 fully saturated rings. The van der Waals surface area contributed by atoms with Gasteiger partial charge in [0, 0.05) is 18.2 Å². The molecule has 0 heterocycles. The van der Waals surface area contributed by atoms with Gasteiger partial charge >= 0.3 is 17.9 Å². The third kappa shape index (κ3) is 57.2. The lowest BCUT2D eigenvalue weighted by Gasteiger charge is -1.96. The first-order chi connectivity index (χ1) is 17.1. The Hall–Kier alpha value is -4.05. The lowest BCUT2D eigenvalue weighted by Crippen LogP contribution is -2.15. The highest BCUT2D eigenvalue weighted by atomic mass is 16.4. The maximum atomic E-state index is 9.89. The van der Waals surface area contributed by atoms with Gasteiger partial charge < -0.3 is 30.6 Å². The molecule has 200 valence electrons. The molecule has 0 aliphatic rings. The van der Waals surface area contributed by atoms with E-state index in [1.807, 2.05) is 57.2 Å². The lowest BCUT2D eigenvalue weighted by molar-refractivity contribution is -0.132. The molecular weight excluding hydrogens is 468 g/mol. The van der Waals surface area contributed by atoms with Crippen LogP contribution in [0.15, 0.2) is 109 Å². The van der Waals surface area contributed by atoms with Gasteiger partial charge in [0.05, 0.1) is 13.2 Å². The summed E-state index contributed by atoms with van der Waals surface area (Å²) in [6.07, 6.45) is 28.1. The normalized spacial score (nSPS) is 11.8. The summed E-state index contributed by atoms with van der Waals surface area (Å²) in [5, 5.41) is 48.4. The number of rotatable bonds is 11. The molecule has 0 amide bonds. The van der Waals surface area contributed by atoms with E-state index < -0.39 is 24.0 Å². The third-order valence-corrected chi connectivity index (χ3v) is 2.72. The molecule has 0 aliphatic heterocycles. The third-order valence-electron chi connectivity index (χ3n) is 2.72. The van der Waals surface area contributed by atoms with Crippen molar-refractivity contribution >= 4 is 17.9 Å². The Bertz CT molecular complexity index is 705. The van der Waals surface area contributed by atoms with Gasteiger partial charge in [-0.1, -0.05) is 91.1 Å². The van der Waals surface area contributed by atoms with E-state index in [9.17, 15) is 14.4 Å². The minimum absolute atomic E-state index is 0.365. The van der Waals surface area contributed by atoms with Gasteiger partial charge in [0.2, 0.25) is 0 Å². The fourth-order valence-electron chi connectivity index (χ4n) is 1.19. The van der Waals surface area contributed by atoms with Crippen LogP contribution < -0.4 is 0 Å². The smallest absolute Gasteiger partial charge is 0.328 e. The second kappa shape index (κ2) is 35.5. The summed E-state index contributed by atoms with van der Waals surface area (Å²) >= 11 is 0. The van der Waals surface area contributed by atoms with Crippen molar-refractivity contribution in [1.29, 1.82) is 0 Å². The average molecular weight is 507 g/mol. The van der Waals surface area contributed by atoms with Crippen LogP contribution in [0.25, 0.3) is 0 Å². The van der Waals surface area contributed by atoms with Gasteiger partial charge in [-0.15, -0.1) is 0 Å². The molecule has 0 aliphatic carbocycles. The Morgan fingerprint density at radius 2 is 0.722 bits per heavy atom. The predicted octanol–water partition coefficient (Wildman–Crippen LogP) is 3.61. The zero-order valence-corrected chi connectivity index (χ0v) is 20.8. The summed E-state index contributed by atoms with van der Waals surface area (Å²) in [5.74, 6) is -2.78. The van der Waals surface area contributed by atoms with E-state index >= 15 is 0 Å².